The van der Waals surface area contributed by atoms with Crippen LogP contribution in [0.15, 0.2) is 6.07 Å². The molecule has 1 aromatic carbocycles. The number of aryl methyl sites for hydroxylation is 1. The molecule has 0 radical (unpaired) electrons. The monoisotopic (exact) mass is 152 g/mol. The van der Waals surface area contributed by atoms with Crippen molar-refractivity contribution in [1.82, 2.24) is 0 Å². The first-order chi connectivity index (χ1) is 5.04. The lowest BCUT2D eigenvalue weighted by molar-refractivity contribution is 1.47. The summed E-state index contributed by atoms with van der Waals surface area (Å²) in [6, 6.07) is 1.71. The van der Waals surface area contributed by atoms with E-state index in [0.29, 0.717) is 22.7 Å². The highest BCUT2D eigenvalue weighted by Crippen LogP contribution is 2.31. The van der Waals surface area contributed by atoms with Crippen LogP contribution in [0.3, 0.4) is 0 Å². The minimum atomic E-state index is 0.369. The van der Waals surface area contributed by atoms with Crippen molar-refractivity contribution >= 4 is 22.7 Å². The fraction of sp³-hybridized carbons (Fsp3) is 0.143. The Hall–Kier alpha value is -1.58. The Bertz CT molecular complexity index is 267. The third-order valence-electron chi connectivity index (χ3n) is 1.69. The van der Waals surface area contributed by atoms with Gasteiger partial charge >= 0.3 is 0 Å². The van der Waals surface area contributed by atoms with Crippen LogP contribution in [0, 0.1) is 6.92 Å². The van der Waals surface area contributed by atoms with E-state index in [9.17, 15) is 0 Å². The average molecular weight is 152 g/mol. The molecule has 0 aliphatic carbocycles. The van der Waals surface area contributed by atoms with Crippen molar-refractivity contribution in [2.45, 2.75) is 6.92 Å². The molecule has 0 aromatic heterocycles. The molecule has 0 saturated heterocycles. The standard InChI is InChI=1S/C7H12N4/c1-3-2-4(8)6(10)7(11)5(3)9/h2H,8-11H2,1H3. The molecule has 11 heavy (non-hydrogen) atoms. The maximum atomic E-state index is 5.59. The molecular weight excluding hydrogens is 140 g/mol. The van der Waals surface area contributed by atoms with Crippen LogP contribution in [0.25, 0.3) is 0 Å². The van der Waals surface area contributed by atoms with Gasteiger partial charge in [0.15, 0.2) is 0 Å². The highest BCUT2D eigenvalue weighted by Gasteiger charge is 2.05. The van der Waals surface area contributed by atoms with Crippen LogP contribution < -0.4 is 22.9 Å². The van der Waals surface area contributed by atoms with Gasteiger partial charge in [0.25, 0.3) is 0 Å². The molecule has 4 heteroatoms. The number of hydrogen-bond acceptors (Lipinski definition) is 4. The molecule has 4 nitrogen and oxygen atoms in total. The Morgan fingerprint density at radius 2 is 1.45 bits per heavy atom. The number of hydrogen-bond donors (Lipinski definition) is 4. The normalized spacial score (nSPS) is 9.91. The van der Waals surface area contributed by atoms with Gasteiger partial charge in [-0.3, -0.25) is 0 Å². The summed E-state index contributed by atoms with van der Waals surface area (Å²) in [6.07, 6.45) is 0. The minimum absolute atomic E-state index is 0.369. The topological polar surface area (TPSA) is 104 Å². The zero-order valence-corrected chi connectivity index (χ0v) is 6.39. The van der Waals surface area contributed by atoms with Gasteiger partial charge in [-0.25, -0.2) is 0 Å². The molecule has 0 spiro atoms. The first-order valence-electron chi connectivity index (χ1n) is 3.23. The highest BCUT2D eigenvalue weighted by atomic mass is 14.8. The van der Waals surface area contributed by atoms with Crippen LogP contribution >= 0.6 is 0 Å². The Morgan fingerprint density at radius 1 is 0.909 bits per heavy atom. The van der Waals surface area contributed by atoms with Gasteiger partial charge in [0, 0.05) is 0 Å². The number of anilines is 4. The van der Waals surface area contributed by atoms with Gasteiger partial charge in [-0.15, -0.1) is 0 Å². The maximum absolute atomic E-state index is 5.59. The van der Waals surface area contributed by atoms with Crippen LogP contribution in [0.4, 0.5) is 22.7 Å². The Balaban J connectivity index is 3.46. The van der Waals surface area contributed by atoms with E-state index in [1.165, 1.54) is 0 Å². The van der Waals surface area contributed by atoms with Gasteiger partial charge < -0.3 is 22.9 Å². The smallest absolute Gasteiger partial charge is 0.0805 e. The molecule has 0 heterocycles. The number of rotatable bonds is 0. The summed E-state index contributed by atoms with van der Waals surface area (Å²) in [6.45, 7) is 1.83. The summed E-state index contributed by atoms with van der Waals surface area (Å²) >= 11 is 0. The van der Waals surface area contributed by atoms with E-state index in [1.807, 2.05) is 6.92 Å². The summed E-state index contributed by atoms with van der Waals surface area (Å²) in [4.78, 5) is 0. The van der Waals surface area contributed by atoms with E-state index < -0.39 is 0 Å². The maximum Gasteiger partial charge on any atom is 0.0805 e. The summed E-state index contributed by atoms with van der Waals surface area (Å²) in [5.74, 6) is 0. The van der Waals surface area contributed by atoms with E-state index >= 15 is 0 Å². The molecule has 0 bridgehead atoms. The van der Waals surface area contributed by atoms with Gasteiger partial charge in [-0.2, -0.15) is 0 Å². The van der Waals surface area contributed by atoms with Gasteiger partial charge in [0.2, 0.25) is 0 Å². The van der Waals surface area contributed by atoms with Crippen molar-refractivity contribution in [2.75, 3.05) is 22.9 Å². The molecule has 60 valence electrons. The predicted molar refractivity (Wildman–Crippen MR) is 48.8 cm³/mol. The summed E-state index contributed by atoms with van der Waals surface area (Å²) < 4.78 is 0. The first kappa shape index (κ1) is 7.53. The molecule has 0 aliphatic rings. The molecule has 1 aromatic rings. The van der Waals surface area contributed by atoms with E-state index in [0.717, 1.165) is 5.56 Å². The van der Waals surface area contributed by atoms with Gasteiger partial charge in [0.1, 0.15) is 0 Å². The Labute approximate surface area is 65.2 Å². The molecule has 1 rings (SSSR count). The highest BCUT2D eigenvalue weighted by molar-refractivity contribution is 5.87. The van der Waals surface area contributed by atoms with Crippen molar-refractivity contribution in [2.24, 2.45) is 0 Å². The van der Waals surface area contributed by atoms with Crippen molar-refractivity contribution in [1.29, 1.82) is 0 Å². The van der Waals surface area contributed by atoms with Crippen molar-refractivity contribution in [3.8, 4) is 0 Å². The van der Waals surface area contributed by atoms with Crippen LogP contribution in [0.5, 0.6) is 0 Å². The van der Waals surface area contributed by atoms with E-state index in [1.54, 1.807) is 6.07 Å². The van der Waals surface area contributed by atoms with Crippen LogP contribution in [-0.4, -0.2) is 0 Å². The van der Waals surface area contributed by atoms with E-state index in [4.69, 9.17) is 22.9 Å². The van der Waals surface area contributed by atoms with Gasteiger partial charge in [-0.1, -0.05) is 0 Å². The SMILES string of the molecule is Cc1cc(N)c(N)c(N)c1N. The molecule has 0 unspecified atom stereocenters. The predicted octanol–water partition coefficient (Wildman–Crippen LogP) is 0.324. The van der Waals surface area contributed by atoms with Crippen LogP contribution in [0.1, 0.15) is 5.56 Å². The number of nitrogen functional groups attached to an aromatic ring is 4. The van der Waals surface area contributed by atoms with E-state index in [-0.39, 0.29) is 0 Å². The third-order valence-corrected chi connectivity index (χ3v) is 1.69. The molecule has 8 N–H and O–H groups in total. The third kappa shape index (κ3) is 1.02. The first-order valence-corrected chi connectivity index (χ1v) is 3.23. The largest absolute Gasteiger partial charge is 0.397 e. The average Bonchev–Trinajstić information content (AvgIpc) is 1.97. The second kappa shape index (κ2) is 2.23. The van der Waals surface area contributed by atoms with Crippen LogP contribution in [-0.2, 0) is 0 Å². The fourth-order valence-electron chi connectivity index (χ4n) is 0.902. The molecule has 0 fully saturated rings. The number of benzene rings is 1. The Morgan fingerprint density at radius 3 is 2.00 bits per heavy atom. The van der Waals surface area contributed by atoms with E-state index in [2.05, 4.69) is 0 Å². The molecule has 0 atom stereocenters. The molecular formula is C7H12N4. The summed E-state index contributed by atoms with van der Waals surface area (Å²) in [7, 11) is 0. The minimum Gasteiger partial charge on any atom is -0.397 e. The second-order valence-corrected chi connectivity index (χ2v) is 2.52. The summed E-state index contributed by atoms with van der Waals surface area (Å²) in [5, 5.41) is 0. The zero-order chi connectivity index (χ0) is 8.59. The van der Waals surface area contributed by atoms with Gasteiger partial charge in [-0.05, 0) is 18.6 Å². The Kier molecular flexibility index (Phi) is 1.53. The molecule has 0 saturated carbocycles. The lowest BCUT2D eigenvalue weighted by Crippen LogP contribution is -2.05. The lowest BCUT2D eigenvalue weighted by atomic mass is 10.1. The quantitative estimate of drug-likeness (QED) is 0.402. The second-order valence-electron chi connectivity index (χ2n) is 2.52. The lowest BCUT2D eigenvalue weighted by Gasteiger charge is -2.09. The summed E-state index contributed by atoms with van der Waals surface area (Å²) in [5.41, 5.74) is 24.8. The van der Waals surface area contributed by atoms with Crippen molar-refractivity contribution < 1.29 is 0 Å². The van der Waals surface area contributed by atoms with Crippen LogP contribution in [0.2, 0.25) is 0 Å². The van der Waals surface area contributed by atoms with Gasteiger partial charge in [0.05, 0.1) is 22.7 Å². The zero-order valence-electron chi connectivity index (χ0n) is 6.39. The molecule has 0 aliphatic heterocycles. The van der Waals surface area contributed by atoms with Crippen molar-refractivity contribution in [3.05, 3.63) is 11.6 Å². The fourth-order valence-corrected chi connectivity index (χ4v) is 0.902. The molecule has 0 amide bonds. The van der Waals surface area contributed by atoms with Crippen molar-refractivity contribution in [3.63, 3.8) is 0 Å². The number of nitrogens with two attached hydrogens (primary N) is 4.